The van der Waals surface area contributed by atoms with E-state index in [2.05, 4.69) is 27.3 Å². The van der Waals surface area contributed by atoms with E-state index < -0.39 is 0 Å². The zero-order chi connectivity index (χ0) is 18.9. The number of rotatable bonds is 3. The molecule has 0 saturated carbocycles. The number of nitrogens with zero attached hydrogens (tertiary/aromatic N) is 5. The Morgan fingerprint density at radius 3 is 2.32 bits per heavy atom. The molecule has 0 fully saturated rings. The molecular formula is C21H17N5OS. The Bertz CT molecular complexity index is 1120. The number of aromatic nitrogens is 4. The maximum absolute atomic E-state index is 13.3. The maximum Gasteiger partial charge on any atom is 0.255 e. The van der Waals surface area contributed by atoms with Crippen LogP contribution < -0.4 is 4.90 Å². The van der Waals surface area contributed by atoms with Crippen molar-refractivity contribution in [2.75, 3.05) is 10.7 Å². The molecule has 138 valence electrons. The fourth-order valence-corrected chi connectivity index (χ4v) is 4.32. The highest BCUT2D eigenvalue weighted by Gasteiger charge is 2.25. The van der Waals surface area contributed by atoms with Crippen LogP contribution in [0.5, 0.6) is 0 Å². The van der Waals surface area contributed by atoms with E-state index in [4.69, 9.17) is 0 Å². The van der Waals surface area contributed by atoms with E-state index in [-0.39, 0.29) is 11.7 Å². The van der Waals surface area contributed by atoms with Crippen LogP contribution in [-0.4, -0.2) is 31.2 Å². The van der Waals surface area contributed by atoms with Crippen molar-refractivity contribution in [3.8, 4) is 0 Å². The van der Waals surface area contributed by atoms with Gasteiger partial charge in [0.15, 0.2) is 5.16 Å². The zero-order valence-corrected chi connectivity index (χ0v) is 15.8. The van der Waals surface area contributed by atoms with Crippen molar-refractivity contribution in [2.45, 2.75) is 18.0 Å². The summed E-state index contributed by atoms with van der Waals surface area (Å²) in [4.78, 5) is 19.4. The standard InChI is InChI=1S/C21H17N5OS/c27-19(14-28-21-24-23-20-22-12-5-13-25(20)21)26-17-8-3-1-6-15(17)10-11-16-7-2-4-9-18(16)26/h1-9,12-13H,10-11,14H2. The molecule has 0 unspecified atom stereocenters. The number of carbonyl (C=O) groups is 1. The summed E-state index contributed by atoms with van der Waals surface area (Å²) in [5.41, 5.74) is 4.31. The summed E-state index contributed by atoms with van der Waals surface area (Å²) < 4.78 is 1.79. The van der Waals surface area contributed by atoms with Gasteiger partial charge in [-0.3, -0.25) is 14.1 Å². The SMILES string of the molecule is O=C(CSc1nnc2ncccn12)N1c2ccccc2CCc2ccccc21. The lowest BCUT2D eigenvalue weighted by Crippen LogP contribution is -2.28. The van der Waals surface area contributed by atoms with Crippen LogP contribution in [0.2, 0.25) is 0 Å². The molecule has 0 N–H and O–H groups in total. The van der Waals surface area contributed by atoms with Gasteiger partial charge in [-0.1, -0.05) is 48.2 Å². The minimum absolute atomic E-state index is 0.0208. The molecule has 1 aliphatic rings. The van der Waals surface area contributed by atoms with E-state index in [1.165, 1.54) is 22.9 Å². The van der Waals surface area contributed by atoms with E-state index in [1.807, 2.05) is 53.6 Å². The lowest BCUT2D eigenvalue weighted by atomic mass is 10.0. The highest BCUT2D eigenvalue weighted by molar-refractivity contribution is 7.99. The lowest BCUT2D eigenvalue weighted by Gasteiger charge is -2.24. The van der Waals surface area contributed by atoms with E-state index in [1.54, 1.807) is 10.6 Å². The molecule has 1 amide bonds. The van der Waals surface area contributed by atoms with Crippen molar-refractivity contribution >= 4 is 34.8 Å². The average Bonchev–Trinajstić information content (AvgIpc) is 3.07. The van der Waals surface area contributed by atoms with Gasteiger partial charge in [-0.05, 0) is 42.2 Å². The zero-order valence-electron chi connectivity index (χ0n) is 15.0. The quantitative estimate of drug-likeness (QED) is 0.502. The molecule has 0 aliphatic carbocycles. The fraction of sp³-hybridized carbons (Fsp3) is 0.143. The summed E-state index contributed by atoms with van der Waals surface area (Å²) in [5.74, 6) is 0.814. The van der Waals surface area contributed by atoms with Crippen LogP contribution in [0, 0.1) is 0 Å². The van der Waals surface area contributed by atoms with Gasteiger partial charge in [-0.25, -0.2) is 4.98 Å². The van der Waals surface area contributed by atoms with Gasteiger partial charge in [0.2, 0.25) is 5.91 Å². The molecule has 4 aromatic rings. The third-order valence-electron chi connectivity index (χ3n) is 4.86. The average molecular weight is 387 g/mol. The maximum atomic E-state index is 13.3. The van der Waals surface area contributed by atoms with Crippen molar-refractivity contribution in [3.63, 3.8) is 0 Å². The van der Waals surface area contributed by atoms with Crippen LogP contribution in [0.4, 0.5) is 11.4 Å². The first-order valence-electron chi connectivity index (χ1n) is 9.08. The third kappa shape index (κ3) is 2.93. The Kier molecular flexibility index (Phi) is 4.29. The largest absolute Gasteiger partial charge is 0.280 e. The van der Waals surface area contributed by atoms with Gasteiger partial charge >= 0.3 is 0 Å². The normalized spacial score (nSPS) is 13.1. The fourth-order valence-electron chi connectivity index (χ4n) is 3.56. The molecule has 5 rings (SSSR count). The van der Waals surface area contributed by atoms with Crippen molar-refractivity contribution in [2.24, 2.45) is 0 Å². The van der Waals surface area contributed by atoms with E-state index >= 15 is 0 Å². The van der Waals surface area contributed by atoms with Crippen LogP contribution in [-0.2, 0) is 17.6 Å². The molecule has 0 atom stereocenters. The van der Waals surface area contributed by atoms with Crippen molar-refractivity contribution in [1.29, 1.82) is 0 Å². The smallest absolute Gasteiger partial charge is 0.255 e. The number of benzene rings is 2. The number of para-hydroxylation sites is 2. The number of aryl methyl sites for hydroxylation is 2. The first-order valence-corrected chi connectivity index (χ1v) is 10.1. The minimum Gasteiger partial charge on any atom is -0.280 e. The highest BCUT2D eigenvalue weighted by Crippen LogP contribution is 2.36. The Hall–Kier alpha value is -3.19. The molecule has 1 aliphatic heterocycles. The third-order valence-corrected chi connectivity index (χ3v) is 5.79. The van der Waals surface area contributed by atoms with Gasteiger partial charge in [0.05, 0.1) is 17.1 Å². The second kappa shape index (κ2) is 7.09. The molecule has 6 nitrogen and oxygen atoms in total. The number of anilines is 2. The van der Waals surface area contributed by atoms with Crippen LogP contribution in [0.1, 0.15) is 11.1 Å². The van der Waals surface area contributed by atoms with Gasteiger partial charge in [0, 0.05) is 12.4 Å². The van der Waals surface area contributed by atoms with E-state index in [9.17, 15) is 4.79 Å². The molecule has 28 heavy (non-hydrogen) atoms. The predicted octanol–water partition coefficient (Wildman–Crippen LogP) is 3.68. The first-order chi connectivity index (χ1) is 13.8. The number of fused-ring (bicyclic) bond motifs is 3. The molecular weight excluding hydrogens is 370 g/mol. The minimum atomic E-state index is 0.0208. The highest BCUT2D eigenvalue weighted by atomic mass is 32.2. The summed E-state index contributed by atoms with van der Waals surface area (Å²) in [5, 5.41) is 8.87. The molecule has 3 heterocycles. The molecule has 0 saturated heterocycles. The van der Waals surface area contributed by atoms with Crippen LogP contribution in [0.15, 0.2) is 72.1 Å². The van der Waals surface area contributed by atoms with Crippen LogP contribution in [0.3, 0.4) is 0 Å². The van der Waals surface area contributed by atoms with E-state index in [0.717, 1.165) is 24.2 Å². The Morgan fingerprint density at radius 1 is 0.929 bits per heavy atom. The summed E-state index contributed by atoms with van der Waals surface area (Å²) in [6.45, 7) is 0. The Labute approximate surface area is 166 Å². The van der Waals surface area contributed by atoms with Crippen molar-refractivity contribution in [3.05, 3.63) is 78.1 Å². The molecule has 2 aromatic heterocycles. The molecule has 0 bridgehead atoms. The van der Waals surface area contributed by atoms with Gasteiger partial charge in [0.25, 0.3) is 5.78 Å². The molecule has 0 spiro atoms. The second-order valence-corrected chi connectivity index (χ2v) is 7.49. The van der Waals surface area contributed by atoms with Crippen molar-refractivity contribution in [1.82, 2.24) is 19.6 Å². The van der Waals surface area contributed by atoms with Gasteiger partial charge < -0.3 is 0 Å². The first kappa shape index (κ1) is 16.9. The van der Waals surface area contributed by atoms with Crippen LogP contribution >= 0.6 is 11.8 Å². The summed E-state index contributed by atoms with van der Waals surface area (Å²) in [6.07, 6.45) is 5.37. The number of thioether (sulfide) groups is 1. The van der Waals surface area contributed by atoms with E-state index in [0.29, 0.717) is 10.9 Å². The van der Waals surface area contributed by atoms with Gasteiger partial charge in [-0.2, -0.15) is 0 Å². The summed E-state index contributed by atoms with van der Waals surface area (Å²) in [7, 11) is 0. The lowest BCUT2D eigenvalue weighted by molar-refractivity contribution is -0.115. The van der Waals surface area contributed by atoms with Gasteiger partial charge in [-0.15, -0.1) is 10.2 Å². The van der Waals surface area contributed by atoms with Crippen molar-refractivity contribution < 1.29 is 4.79 Å². The monoisotopic (exact) mass is 387 g/mol. The Morgan fingerprint density at radius 2 is 1.61 bits per heavy atom. The molecule has 2 aromatic carbocycles. The number of amides is 1. The Balaban J connectivity index is 1.48. The number of hydrogen-bond acceptors (Lipinski definition) is 5. The molecule has 7 heteroatoms. The summed E-state index contributed by atoms with van der Waals surface area (Å²) in [6, 6.07) is 18.1. The van der Waals surface area contributed by atoms with Gasteiger partial charge in [0.1, 0.15) is 0 Å². The topological polar surface area (TPSA) is 63.4 Å². The predicted molar refractivity (Wildman–Crippen MR) is 109 cm³/mol. The summed E-state index contributed by atoms with van der Waals surface area (Å²) >= 11 is 1.37. The van der Waals surface area contributed by atoms with Crippen LogP contribution in [0.25, 0.3) is 5.78 Å². The molecule has 0 radical (unpaired) electrons. The second-order valence-electron chi connectivity index (χ2n) is 6.55. The number of hydrogen-bond donors (Lipinski definition) is 0. The number of carbonyl (C=O) groups excluding carboxylic acids is 1.